The van der Waals surface area contributed by atoms with Crippen LogP contribution in [0.4, 0.5) is 4.39 Å². The lowest BCUT2D eigenvalue weighted by Crippen LogP contribution is -2.21. The molecule has 1 fully saturated rings. The molecule has 1 aliphatic heterocycles. The fourth-order valence-electron chi connectivity index (χ4n) is 3.61. The Kier molecular flexibility index (Phi) is 4.73. The number of rotatable bonds is 5. The van der Waals surface area contributed by atoms with Crippen LogP contribution in [0.5, 0.6) is 0 Å². The Hall–Kier alpha value is -2.84. The molecule has 1 aromatic carbocycles. The van der Waals surface area contributed by atoms with Gasteiger partial charge in [-0.1, -0.05) is 18.2 Å². The van der Waals surface area contributed by atoms with E-state index in [1.165, 1.54) is 6.07 Å². The smallest absolute Gasteiger partial charge is 0.206 e. The summed E-state index contributed by atoms with van der Waals surface area (Å²) in [5.41, 5.74) is 1.78. The van der Waals surface area contributed by atoms with Crippen LogP contribution in [0.15, 0.2) is 64.2 Å². The molecule has 1 saturated heterocycles. The highest BCUT2D eigenvalue weighted by Crippen LogP contribution is 2.30. The second kappa shape index (κ2) is 7.53. The summed E-state index contributed by atoms with van der Waals surface area (Å²) < 4.78 is 36.3. The number of nitrogens with zero attached hydrogens (tertiary/aromatic N) is 4. The minimum Gasteiger partial charge on any atom is -0.444 e. The summed E-state index contributed by atoms with van der Waals surface area (Å²) in [6.07, 6.45) is 3.79. The molecule has 29 heavy (non-hydrogen) atoms. The van der Waals surface area contributed by atoms with Gasteiger partial charge in [-0.2, -0.15) is 5.10 Å². The average Bonchev–Trinajstić information content (AvgIpc) is 3.50. The van der Waals surface area contributed by atoms with Crippen molar-refractivity contribution >= 4 is 22.0 Å². The molecule has 4 heterocycles. The van der Waals surface area contributed by atoms with Gasteiger partial charge in [0.05, 0.1) is 11.9 Å². The SMILES string of the molecule is O=S(c1ccc(-c2nn(Cc3ccccc3F)c3ncccc23)o1)N1CCCC1. The molecule has 6 nitrogen and oxygen atoms in total. The zero-order valence-corrected chi connectivity index (χ0v) is 16.4. The standard InChI is InChI=1S/C21H19FN4O2S/c22-17-8-2-1-6-15(17)14-26-21-16(7-5-11-23-21)20(24-26)18-9-10-19(28-18)29(27)25-12-3-4-13-25/h1-2,5-11H,3-4,12-14H2. The molecule has 3 aromatic heterocycles. The monoisotopic (exact) mass is 410 g/mol. The Bertz CT molecular complexity index is 1200. The van der Waals surface area contributed by atoms with Crippen LogP contribution in [0.2, 0.25) is 0 Å². The number of fused-ring (bicyclic) bond motifs is 1. The minimum atomic E-state index is -1.31. The fraction of sp³-hybridized carbons (Fsp3) is 0.238. The fourth-order valence-corrected chi connectivity index (χ4v) is 4.80. The van der Waals surface area contributed by atoms with E-state index >= 15 is 0 Å². The van der Waals surface area contributed by atoms with Gasteiger partial charge in [0.15, 0.2) is 22.4 Å². The Labute approximate surface area is 169 Å². The average molecular weight is 410 g/mol. The van der Waals surface area contributed by atoms with Crippen LogP contribution in [0, 0.1) is 5.82 Å². The van der Waals surface area contributed by atoms with E-state index in [9.17, 15) is 8.60 Å². The third kappa shape index (κ3) is 3.38. The molecule has 5 rings (SSSR count). The predicted octanol–water partition coefficient (Wildman–Crippen LogP) is 4.00. The highest BCUT2D eigenvalue weighted by molar-refractivity contribution is 7.82. The predicted molar refractivity (Wildman–Crippen MR) is 108 cm³/mol. The first-order valence-electron chi connectivity index (χ1n) is 9.53. The Morgan fingerprint density at radius 1 is 1.07 bits per heavy atom. The number of pyridine rings is 1. The van der Waals surface area contributed by atoms with Crippen molar-refractivity contribution in [3.05, 3.63) is 66.1 Å². The Balaban J connectivity index is 1.53. The molecular weight excluding hydrogens is 391 g/mol. The third-order valence-corrected chi connectivity index (χ3v) is 6.47. The van der Waals surface area contributed by atoms with Crippen molar-refractivity contribution in [2.24, 2.45) is 0 Å². The molecule has 8 heteroatoms. The van der Waals surface area contributed by atoms with Crippen LogP contribution >= 0.6 is 0 Å². The van der Waals surface area contributed by atoms with E-state index in [-0.39, 0.29) is 12.4 Å². The largest absolute Gasteiger partial charge is 0.444 e. The molecule has 148 valence electrons. The molecule has 0 saturated carbocycles. The summed E-state index contributed by atoms with van der Waals surface area (Å²) in [4.78, 5) is 4.43. The summed E-state index contributed by atoms with van der Waals surface area (Å²) in [5, 5.41) is 5.87. The molecule has 1 unspecified atom stereocenters. The van der Waals surface area contributed by atoms with Gasteiger partial charge in [0.1, 0.15) is 11.5 Å². The molecular formula is C21H19FN4O2S. The first kappa shape index (κ1) is 18.2. The van der Waals surface area contributed by atoms with Gasteiger partial charge < -0.3 is 4.42 Å². The van der Waals surface area contributed by atoms with E-state index in [4.69, 9.17) is 4.42 Å². The minimum absolute atomic E-state index is 0.257. The highest BCUT2D eigenvalue weighted by atomic mass is 32.2. The lowest BCUT2D eigenvalue weighted by atomic mass is 10.2. The van der Waals surface area contributed by atoms with Crippen molar-refractivity contribution in [3.8, 4) is 11.5 Å². The quantitative estimate of drug-likeness (QED) is 0.499. The van der Waals surface area contributed by atoms with Crippen molar-refractivity contribution in [1.29, 1.82) is 0 Å². The number of furan rings is 1. The van der Waals surface area contributed by atoms with Crippen LogP contribution in [0.3, 0.4) is 0 Å². The molecule has 0 radical (unpaired) electrons. The molecule has 4 aromatic rings. The summed E-state index contributed by atoms with van der Waals surface area (Å²) >= 11 is 0. The van der Waals surface area contributed by atoms with Crippen molar-refractivity contribution in [2.75, 3.05) is 13.1 Å². The topological polar surface area (TPSA) is 64.2 Å². The maximum atomic E-state index is 14.1. The summed E-state index contributed by atoms with van der Waals surface area (Å²) in [5.74, 6) is 0.243. The zero-order chi connectivity index (χ0) is 19.8. The molecule has 0 N–H and O–H groups in total. The van der Waals surface area contributed by atoms with Crippen LogP contribution < -0.4 is 0 Å². The lowest BCUT2D eigenvalue weighted by Gasteiger charge is -2.10. The number of benzene rings is 1. The number of hydrogen-bond donors (Lipinski definition) is 0. The lowest BCUT2D eigenvalue weighted by molar-refractivity contribution is 0.450. The van der Waals surface area contributed by atoms with Gasteiger partial charge in [-0.3, -0.25) is 0 Å². The highest BCUT2D eigenvalue weighted by Gasteiger charge is 2.23. The van der Waals surface area contributed by atoms with E-state index < -0.39 is 11.0 Å². The van der Waals surface area contributed by atoms with Crippen LogP contribution in [-0.2, 0) is 17.5 Å². The van der Waals surface area contributed by atoms with Gasteiger partial charge in [0.25, 0.3) is 0 Å². The van der Waals surface area contributed by atoms with Crippen LogP contribution in [0.1, 0.15) is 18.4 Å². The number of aromatic nitrogens is 3. The van der Waals surface area contributed by atoms with Crippen molar-refractivity contribution < 1.29 is 13.0 Å². The van der Waals surface area contributed by atoms with Gasteiger partial charge in [0.2, 0.25) is 5.09 Å². The maximum absolute atomic E-state index is 14.1. The molecule has 0 amide bonds. The van der Waals surface area contributed by atoms with Crippen molar-refractivity contribution in [1.82, 2.24) is 19.1 Å². The van der Waals surface area contributed by atoms with Gasteiger partial charge >= 0.3 is 0 Å². The van der Waals surface area contributed by atoms with Crippen molar-refractivity contribution in [3.63, 3.8) is 0 Å². The van der Waals surface area contributed by atoms with Gasteiger partial charge in [0, 0.05) is 24.8 Å². The summed E-state index contributed by atoms with van der Waals surface area (Å²) in [6.45, 7) is 1.88. The van der Waals surface area contributed by atoms with E-state index in [1.54, 1.807) is 41.2 Å². The van der Waals surface area contributed by atoms with E-state index in [1.807, 2.05) is 16.4 Å². The summed E-state index contributed by atoms with van der Waals surface area (Å²) in [7, 11) is -1.31. The van der Waals surface area contributed by atoms with Crippen LogP contribution in [0.25, 0.3) is 22.5 Å². The summed E-state index contributed by atoms with van der Waals surface area (Å²) in [6, 6.07) is 13.9. The molecule has 0 aliphatic carbocycles. The number of halogens is 1. The normalized spacial score (nSPS) is 15.9. The maximum Gasteiger partial charge on any atom is 0.206 e. The molecule has 0 bridgehead atoms. The number of hydrogen-bond acceptors (Lipinski definition) is 4. The van der Waals surface area contributed by atoms with E-state index in [2.05, 4.69) is 10.1 Å². The van der Waals surface area contributed by atoms with Crippen LogP contribution in [-0.4, -0.2) is 36.4 Å². The first-order chi connectivity index (χ1) is 14.2. The first-order valence-corrected chi connectivity index (χ1v) is 10.6. The molecule has 0 spiro atoms. The Morgan fingerprint density at radius 3 is 2.72 bits per heavy atom. The van der Waals surface area contributed by atoms with Crippen molar-refractivity contribution in [2.45, 2.75) is 24.5 Å². The van der Waals surface area contributed by atoms with Gasteiger partial charge in [-0.05, 0) is 43.2 Å². The van der Waals surface area contributed by atoms with E-state index in [0.717, 1.165) is 31.3 Å². The molecule has 1 atom stereocenters. The Morgan fingerprint density at radius 2 is 1.90 bits per heavy atom. The second-order valence-electron chi connectivity index (χ2n) is 6.98. The van der Waals surface area contributed by atoms with E-state index in [0.29, 0.717) is 27.8 Å². The van der Waals surface area contributed by atoms with Gasteiger partial charge in [-0.15, -0.1) is 0 Å². The molecule has 1 aliphatic rings. The zero-order valence-electron chi connectivity index (χ0n) is 15.6. The second-order valence-corrected chi connectivity index (χ2v) is 8.39. The van der Waals surface area contributed by atoms with Gasteiger partial charge in [-0.25, -0.2) is 22.6 Å². The third-order valence-electron chi connectivity index (χ3n) is 5.07.